The number of hydrogen-bond acceptors (Lipinski definition) is 5. The number of Topliss-reactive ketones (excluding diaryl/α,β-unsaturated/α-hetero) is 1. The van der Waals surface area contributed by atoms with Gasteiger partial charge in [-0.25, -0.2) is 9.78 Å². The lowest BCUT2D eigenvalue weighted by molar-refractivity contribution is -0.00502. The second-order valence-corrected chi connectivity index (χ2v) is 5.87. The van der Waals surface area contributed by atoms with Gasteiger partial charge in [-0.2, -0.15) is 0 Å². The number of rotatable bonds is 0. The fourth-order valence-corrected chi connectivity index (χ4v) is 2.50. The minimum absolute atomic E-state index is 0.0936. The lowest BCUT2D eigenvalue weighted by Crippen LogP contribution is -2.30. The van der Waals surface area contributed by atoms with Crippen molar-refractivity contribution < 1.29 is 14.3 Å². The van der Waals surface area contributed by atoms with Crippen molar-refractivity contribution in [2.24, 2.45) is 0 Å². The molecule has 3 rings (SSSR count). The van der Waals surface area contributed by atoms with Crippen LogP contribution in [0.25, 0.3) is 11.3 Å². The average Bonchev–Trinajstić information content (AvgIpc) is 2.51. The van der Waals surface area contributed by atoms with Gasteiger partial charge in [0.2, 0.25) is 0 Å². The molecule has 0 bridgehead atoms. The zero-order chi connectivity index (χ0) is 15.7. The Bertz CT molecular complexity index is 753. The van der Waals surface area contributed by atoms with Crippen molar-refractivity contribution in [3.63, 3.8) is 0 Å². The molecule has 1 aliphatic rings. The average molecular weight is 296 g/mol. The van der Waals surface area contributed by atoms with Crippen molar-refractivity contribution in [2.45, 2.75) is 32.3 Å². The zero-order valence-corrected chi connectivity index (χ0v) is 12.5. The number of hydrogen-bond donors (Lipinski definition) is 0. The van der Waals surface area contributed by atoms with E-state index in [1.165, 1.54) is 12.4 Å². The van der Waals surface area contributed by atoms with Crippen molar-refractivity contribution in [3.05, 3.63) is 47.9 Å². The monoisotopic (exact) mass is 296 g/mol. The Balaban J connectivity index is 2.24. The van der Waals surface area contributed by atoms with E-state index >= 15 is 0 Å². The van der Waals surface area contributed by atoms with Gasteiger partial charge in [0.05, 0.1) is 5.56 Å². The summed E-state index contributed by atoms with van der Waals surface area (Å²) >= 11 is 0. The number of nitrogens with zero attached hydrogens (tertiary/aromatic N) is 2. The van der Waals surface area contributed by atoms with Gasteiger partial charge in [0.25, 0.3) is 0 Å². The predicted molar refractivity (Wildman–Crippen MR) is 80.5 cm³/mol. The minimum Gasteiger partial charge on any atom is -0.456 e. The minimum atomic E-state index is -0.709. The quantitative estimate of drug-likeness (QED) is 0.699. The standard InChI is InChI=1S/C17H16N2O3/c1-17(2)8-7-13(20)15-14(18-9-10-19-15)11-5-3-4-6-12(11)16(21)22-17/h3-6,9-10H,7-8H2,1-2H3. The van der Waals surface area contributed by atoms with Crippen LogP contribution < -0.4 is 0 Å². The fourth-order valence-electron chi connectivity index (χ4n) is 2.50. The lowest BCUT2D eigenvalue weighted by atomic mass is 9.94. The van der Waals surface area contributed by atoms with Gasteiger partial charge < -0.3 is 4.74 Å². The molecule has 2 heterocycles. The van der Waals surface area contributed by atoms with Gasteiger partial charge in [0.1, 0.15) is 17.0 Å². The SMILES string of the molecule is CC1(C)CCC(=O)c2nccnc2-c2ccccc2C(=O)O1. The van der Waals surface area contributed by atoms with Gasteiger partial charge in [-0.05, 0) is 26.3 Å². The van der Waals surface area contributed by atoms with E-state index in [4.69, 9.17) is 4.74 Å². The Morgan fingerprint density at radius 1 is 1.00 bits per heavy atom. The maximum Gasteiger partial charge on any atom is 0.339 e. The first-order chi connectivity index (χ1) is 10.5. The van der Waals surface area contributed by atoms with Gasteiger partial charge in [-0.3, -0.25) is 9.78 Å². The summed E-state index contributed by atoms with van der Waals surface area (Å²) in [6.45, 7) is 3.61. The first-order valence-electron chi connectivity index (χ1n) is 7.15. The van der Waals surface area contributed by atoms with E-state index in [-0.39, 0.29) is 12.2 Å². The molecule has 0 aliphatic carbocycles. The topological polar surface area (TPSA) is 69.2 Å². The Morgan fingerprint density at radius 2 is 1.64 bits per heavy atom. The maximum absolute atomic E-state index is 12.5. The van der Waals surface area contributed by atoms with Crippen LogP contribution in [0.15, 0.2) is 36.7 Å². The summed E-state index contributed by atoms with van der Waals surface area (Å²) in [5.74, 6) is -0.504. The molecular weight excluding hydrogens is 280 g/mol. The molecule has 5 nitrogen and oxygen atoms in total. The van der Waals surface area contributed by atoms with Crippen LogP contribution in [0.1, 0.15) is 47.5 Å². The van der Waals surface area contributed by atoms with E-state index in [2.05, 4.69) is 9.97 Å². The van der Waals surface area contributed by atoms with Gasteiger partial charge in [0, 0.05) is 24.4 Å². The Kier molecular flexibility index (Phi) is 3.48. The number of cyclic esters (lactones) is 1. The number of ketones is 1. The van der Waals surface area contributed by atoms with Crippen LogP contribution in [-0.2, 0) is 4.74 Å². The Morgan fingerprint density at radius 3 is 2.36 bits per heavy atom. The first kappa shape index (κ1) is 14.4. The molecule has 0 N–H and O–H groups in total. The molecule has 0 saturated heterocycles. The molecule has 5 heteroatoms. The maximum atomic E-state index is 12.5. The van der Waals surface area contributed by atoms with Crippen LogP contribution in [0, 0.1) is 0 Å². The van der Waals surface area contributed by atoms with E-state index < -0.39 is 11.6 Å². The number of aromatic nitrogens is 2. The highest BCUT2D eigenvalue weighted by Gasteiger charge is 2.30. The number of fused-ring (bicyclic) bond motifs is 3. The highest BCUT2D eigenvalue weighted by Crippen LogP contribution is 2.30. The Labute approximate surface area is 128 Å². The van der Waals surface area contributed by atoms with E-state index in [1.807, 2.05) is 0 Å². The Hall–Kier alpha value is -2.56. The normalized spacial score (nSPS) is 17.2. The third-order valence-corrected chi connectivity index (χ3v) is 3.69. The number of ether oxygens (including phenoxy) is 1. The van der Waals surface area contributed by atoms with Crippen molar-refractivity contribution in [3.8, 4) is 11.3 Å². The number of benzene rings is 1. The molecule has 0 spiro atoms. The van der Waals surface area contributed by atoms with Crippen LogP contribution in [0.5, 0.6) is 0 Å². The summed E-state index contributed by atoms with van der Waals surface area (Å²) < 4.78 is 5.56. The van der Waals surface area contributed by atoms with Crippen LogP contribution in [0.2, 0.25) is 0 Å². The molecule has 0 amide bonds. The zero-order valence-electron chi connectivity index (χ0n) is 12.5. The molecule has 2 aromatic rings. The summed E-state index contributed by atoms with van der Waals surface area (Å²) in [5, 5.41) is 0. The molecule has 0 saturated carbocycles. The van der Waals surface area contributed by atoms with Gasteiger partial charge in [-0.1, -0.05) is 18.2 Å². The van der Waals surface area contributed by atoms with Crippen molar-refractivity contribution in [2.75, 3.05) is 0 Å². The summed E-state index contributed by atoms with van der Waals surface area (Å²) in [6, 6.07) is 6.99. The highest BCUT2D eigenvalue weighted by atomic mass is 16.6. The summed E-state index contributed by atoms with van der Waals surface area (Å²) in [5.41, 5.74) is 0.994. The molecule has 22 heavy (non-hydrogen) atoms. The summed E-state index contributed by atoms with van der Waals surface area (Å²) in [6.07, 6.45) is 3.71. The summed E-state index contributed by atoms with van der Waals surface area (Å²) in [4.78, 5) is 33.4. The molecule has 112 valence electrons. The highest BCUT2D eigenvalue weighted by molar-refractivity contribution is 6.04. The molecule has 1 aromatic heterocycles. The fraction of sp³-hybridized carbons (Fsp3) is 0.294. The molecule has 0 atom stereocenters. The third kappa shape index (κ3) is 2.62. The van der Waals surface area contributed by atoms with Gasteiger partial charge in [0.15, 0.2) is 5.78 Å². The largest absolute Gasteiger partial charge is 0.456 e. The van der Waals surface area contributed by atoms with E-state index in [0.29, 0.717) is 28.9 Å². The van der Waals surface area contributed by atoms with Gasteiger partial charge in [-0.15, -0.1) is 0 Å². The smallest absolute Gasteiger partial charge is 0.339 e. The second-order valence-electron chi connectivity index (χ2n) is 5.87. The molecule has 0 fully saturated rings. The first-order valence-corrected chi connectivity index (χ1v) is 7.15. The van der Waals surface area contributed by atoms with Crippen LogP contribution in [0.4, 0.5) is 0 Å². The van der Waals surface area contributed by atoms with Gasteiger partial charge >= 0.3 is 5.97 Å². The van der Waals surface area contributed by atoms with E-state index in [9.17, 15) is 9.59 Å². The molecule has 1 aromatic carbocycles. The van der Waals surface area contributed by atoms with Crippen molar-refractivity contribution >= 4 is 11.8 Å². The molecule has 0 unspecified atom stereocenters. The van der Waals surface area contributed by atoms with Crippen molar-refractivity contribution in [1.82, 2.24) is 9.97 Å². The number of carbonyl (C=O) groups is 2. The molecule has 1 aliphatic heterocycles. The van der Waals surface area contributed by atoms with Crippen LogP contribution in [0.3, 0.4) is 0 Å². The number of esters is 1. The molecule has 0 radical (unpaired) electrons. The molecular formula is C17H16N2O3. The van der Waals surface area contributed by atoms with E-state index in [0.717, 1.165) is 0 Å². The third-order valence-electron chi connectivity index (χ3n) is 3.69. The van der Waals surface area contributed by atoms with Crippen LogP contribution in [-0.4, -0.2) is 27.3 Å². The summed E-state index contributed by atoms with van der Waals surface area (Å²) in [7, 11) is 0. The van der Waals surface area contributed by atoms with E-state index in [1.54, 1.807) is 38.1 Å². The van der Waals surface area contributed by atoms with Crippen LogP contribution >= 0.6 is 0 Å². The second kappa shape index (κ2) is 5.33. The van der Waals surface area contributed by atoms with Crippen molar-refractivity contribution in [1.29, 1.82) is 0 Å². The predicted octanol–water partition coefficient (Wildman–Crippen LogP) is 3.06. The lowest BCUT2D eigenvalue weighted by Gasteiger charge is -2.26. The number of carbonyl (C=O) groups excluding carboxylic acids is 2.